The zero-order chi connectivity index (χ0) is 24.1. The van der Waals surface area contributed by atoms with Crippen molar-refractivity contribution < 1.29 is 18.0 Å². The monoisotopic (exact) mass is 459 g/mol. The first-order valence-electron chi connectivity index (χ1n) is 10.5. The highest BCUT2D eigenvalue weighted by atomic mass is 32.2. The molecule has 0 aliphatic heterocycles. The fraction of sp³-hybridized carbons (Fsp3) is 0.417. The molecule has 2 amide bonds. The van der Waals surface area contributed by atoms with E-state index in [1.54, 1.807) is 26.2 Å². The van der Waals surface area contributed by atoms with Crippen LogP contribution >= 0.6 is 0 Å². The fourth-order valence-corrected chi connectivity index (χ4v) is 4.56. The van der Waals surface area contributed by atoms with Gasteiger partial charge in [-0.15, -0.1) is 0 Å². The first-order valence-corrected chi connectivity index (χ1v) is 12.3. The van der Waals surface area contributed by atoms with Gasteiger partial charge >= 0.3 is 0 Å². The molecule has 0 aliphatic rings. The molecule has 2 rings (SSSR count). The lowest BCUT2D eigenvalue weighted by Crippen LogP contribution is -2.44. The van der Waals surface area contributed by atoms with E-state index in [9.17, 15) is 18.0 Å². The van der Waals surface area contributed by atoms with Gasteiger partial charge in [0, 0.05) is 25.7 Å². The van der Waals surface area contributed by atoms with Crippen LogP contribution in [0.15, 0.2) is 54.6 Å². The first-order chi connectivity index (χ1) is 14.8. The number of anilines is 1. The van der Waals surface area contributed by atoms with Gasteiger partial charge in [-0.2, -0.15) is 0 Å². The van der Waals surface area contributed by atoms with Crippen LogP contribution in [0.25, 0.3) is 0 Å². The molecule has 0 bridgehead atoms. The second-order valence-corrected chi connectivity index (χ2v) is 10.8. The summed E-state index contributed by atoms with van der Waals surface area (Å²) in [4.78, 5) is 26.2. The predicted molar refractivity (Wildman–Crippen MR) is 128 cm³/mol. The summed E-state index contributed by atoms with van der Waals surface area (Å²) in [5.74, 6) is -0.574. The summed E-state index contributed by atoms with van der Waals surface area (Å²) in [5, 5.41) is 2.92. The summed E-state index contributed by atoms with van der Waals surface area (Å²) >= 11 is 0. The van der Waals surface area contributed by atoms with E-state index in [-0.39, 0.29) is 29.8 Å². The molecule has 0 spiro atoms. The van der Waals surface area contributed by atoms with Crippen LogP contribution in [0.1, 0.15) is 43.1 Å². The largest absolute Gasteiger partial charge is 0.352 e. The van der Waals surface area contributed by atoms with Crippen molar-refractivity contribution in [3.8, 4) is 0 Å². The van der Waals surface area contributed by atoms with Crippen LogP contribution in [0.4, 0.5) is 5.69 Å². The van der Waals surface area contributed by atoms with Gasteiger partial charge in [-0.1, -0.05) is 44.2 Å². The van der Waals surface area contributed by atoms with Gasteiger partial charge in [0.25, 0.3) is 5.91 Å². The second kappa shape index (κ2) is 10.2. The normalized spacial score (nSPS) is 12.7. The number of rotatable bonds is 9. The number of amides is 2. The van der Waals surface area contributed by atoms with Gasteiger partial charge in [-0.25, -0.2) is 8.42 Å². The van der Waals surface area contributed by atoms with E-state index in [0.29, 0.717) is 17.7 Å². The third-order valence-corrected chi connectivity index (χ3v) is 6.42. The first kappa shape index (κ1) is 25.4. The highest BCUT2D eigenvalue weighted by Gasteiger charge is 2.26. The van der Waals surface area contributed by atoms with Crippen LogP contribution in [0.5, 0.6) is 0 Å². The quantitative estimate of drug-likeness (QED) is 0.625. The van der Waals surface area contributed by atoms with E-state index in [1.807, 2.05) is 25.1 Å². The van der Waals surface area contributed by atoms with Crippen molar-refractivity contribution >= 4 is 27.5 Å². The van der Waals surface area contributed by atoms with E-state index in [4.69, 9.17) is 0 Å². The molecule has 8 heteroatoms. The number of benzene rings is 2. The van der Waals surface area contributed by atoms with Crippen LogP contribution in [0.3, 0.4) is 0 Å². The van der Waals surface area contributed by atoms with Crippen LogP contribution in [-0.4, -0.2) is 58.1 Å². The molecule has 1 unspecified atom stereocenters. The Bertz CT molecular complexity index is 1030. The molecule has 0 aliphatic carbocycles. The van der Waals surface area contributed by atoms with Gasteiger partial charge in [0.2, 0.25) is 15.9 Å². The van der Waals surface area contributed by atoms with Crippen molar-refractivity contribution in [1.82, 2.24) is 10.2 Å². The third kappa shape index (κ3) is 6.82. The molecular formula is C24H33N3O4S. The molecule has 2 aromatic carbocycles. The minimum atomic E-state index is -3.70. The highest BCUT2D eigenvalue weighted by Crippen LogP contribution is 2.28. The van der Waals surface area contributed by atoms with Crippen LogP contribution in [0.2, 0.25) is 0 Å². The van der Waals surface area contributed by atoms with Crippen molar-refractivity contribution in [2.45, 2.75) is 38.6 Å². The molecule has 1 N–H and O–H groups in total. The Morgan fingerprint density at radius 1 is 1.00 bits per heavy atom. The van der Waals surface area contributed by atoms with Gasteiger partial charge in [0.15, 0.2) is 0 Å². The molecule has 2 aromatic rings. The Morgan fingerprint density at radius 3 is 2.06 bits per heavy atom. The molecule has 32 heavy (non-hydrogen) atoms. The molecular weight excluding hydrogens is 426 g/mol. The van der Waals surface area contributed by atoms with E-state index >= 15 is 0 Å². The van der Waals surface area contributed by atoms with Crippen molar-refractivity contribution in [1.29, 1.82) is 0 Å². The number of carbonyl (C=O) groups excluding carboxylic acids is 2. The maximum atomic E-state index is 12.7. The molecule has 1 atom stereocenters. The van der Waals surface area contributed by atoms with Crippen molar-refractivity contribution in [3.05, 3.63) is 65.7 Å². The smallest absolute Gasteiger partial charge is 0.253 e. The summed E-state index contributed by atoms with van der Waals surface area (Å²) < 4.78 is 25.8. The zero-order valence-electron chi connectivity index (χ0n) is 19.6. The molecule has 0 fully saturated rings. The maximum Gasteiger partial charge on any atom is 0.253 e. The average Bonchev–Trinajstić information content (AvgIpc) is 2.71. The van der Waals surface area contributed by atoms with Gasteiger partial charge in [0.05, 0.1) is 11.9 Å². The Kier molecular flexibility index (Phi) is 8.07. The fourth-order valence-electron chi connectivity index (χ4n) is 3.70. The molecule has 7 nitrogen and oxygen atoms in total. The number of carbonyl (C=O) groups is 2. The summed E-state index contributed by atoms with van der Waals surface area (Å²) in [7, 11) is -0.414. The van der Waals surface area contributed by atoms with E-state index < -0.39 is 10.0 Å². The Hall–Kier alpha value is -2.87. The minimum Gasteiger partial charge on any atom is -0.352 e. The lowest BCUT2D eigenvalue weighted by molar-refractivity contribution is -0.120. The van der Waals surface area contributed by atoms with E-state index in [1.165, 1.54) is 22.6 Å². The molecule has 0 saturated heterocycles. The van der Waals surface area contributed by atoms with Crippen LogP contribution < -0.4 is 9.62 Å². The molecule has 174 valence electrons. The lowest BCUT2D eigenvalue weighted by atomic mass is 9.79. The summed E-state index contributed by atoms with van der Waals surface area (Å²) in [6.45, 7) is 5.81. The topological polar surface area (TPSA) is 86.8 Å². The number of hydrogen-bond donors (Lipinski definition) is 1. The Labute approximate surface area is 191 Å². The zero-order valence-corrected chi connectivity index (χ0v) is 20.4. The van der Waals surface area contributed by atoms with E-state index in [0.717, 1.165) is 10.6 Å². The SMILES string of the molecule is CC(CC(C)(C)c1ccccc1)NC(=O)CN(c1ccc(C(=O)N(C)C)cc1)S(C)(=O)=O. The van der Waals surface area contributed by atoms with Gasteiger partial charge < -0.3 is 10.2 Å². The predicted octanol–water partition coefficient (Wildman–Crippen LogP) is 3.03. The number of hydrogen-bond acceptors (Lipinski definition) is 4. The number of nitrogens with zero attached hydrogens (tertiary/aromatic N) is 2. The van der Waals surface area contributed by atoms with E-state index in [2.05, 4.69) is 31.3 Å². The molecule has 0 heterocycles. The lowest BCUT2D eigenvalue weighted by Gasteiger charge is -2.30. The highest BCUT2D eigenvalue weighted by molar-refractivity contribution is 7.92. The van der Waals surface area contributed by atoms with Crippen LogP contribution in [0, 0.1) is 0 Å². The summed E-state index contributed by atoms with van der Waals surface area (Å²) in [5.41, 5.74) is 1.79. The summed E-state index contributed by atoms with van der Waals surface area (Å²) in [6.07, 6.45) is 1.75. The average molecular weight is 460 g/mol. The van der Waals surface area contributed by atoms with Crippen molar-refractivity contribution in [2.75, 3.05) is 31.2 Å². The van der Waals surface area contributed by atoms with Gasteiger partial charge in [0.1, 0.15) is 6.54 Å². The second-order valence-electron chi connectivity index (χ2n) is 8.94. The number of nitrogens with one attached hydrogen (secondary N) is 1. The number of sulfonamides is 1. The Balaban J connectivity index is 2.09. The maximum absolute atomic E-state index is 12.7. The van der Waals surface area contributed by atoms with Crippen LogP contribution in [-0.2, 0) is 20.2 Å². The standard InChI is InChI=1S/C24H33N3O4S/c1-18(16-24(2,3)20-10-8-7-9-11-20)25-22(28)17-27(32(6,30)31)21-14-12-19(13-15-21)23(29)26(4)5/h7-15,18H,16-17H2,1-6H3,(H,25,28). The van der Waals surface area contributed by atoms with Crippen molar-refractivity contribution in [2.24, 2.45) is 0 Å². The summed E-state index contributed by atoms with van der Waals surface area (Å²) in [6, 6.07) is 16.1. The minimum absolute atomic E-state index is 0.153. The van der Waals surface area contributed by atoms with Gasteiger partial charge in [-0.05, 0) is 48.6 Å². The third-order valence-electron chi connectivity index (χ3n) is 5.28. The van der Waals surface area contributed by atoms with Gasteiger partial charge in [-0.3, -0.25) is 13.9 Å². The molecule has 0 aromatic heterocycles. The molecule has 0 radical (unpaired) electrons. The Morgan fingerprint density at radius 2 is 1.56 bits per heavy atom. The van der Waals surface area contributed by atoms with Crippen molar-refractivity contribution in [3.63, 3.8) is 0 Å². The molecule has 0 saturated carbocycles.